The first kappa shape index (κ1) is 24.9. The molecule has 0 aliphatic heterocycles. The lowest BCUT2D eigenvalue weighted by Crippen LogP contribution is -2.40. The summed E-state index contributed by atoms with van der Waals surface area (Å²) in [5.41, 5.74) is 6.38. The third-order valence-electron chi connectivity index (χ3n) is 5.08. The van der Waals surface area contributed by atoms with Crippen LogP contribution in [0.1, 0.15) is 64.9 Å². The molecule has 8 heteroatoms. The lowest BCUT2D eigenvalue weighted by atomic mass is 9.71. The van der Waals surface area contributed by atoms with Gasteiger partial charge in [-0.1, -0.05) is 25.3 Å². The number of rotatable bonds is 6. The lowest BCUT2D eigenvalue weighted by Gasteiger charge is -2.35. The van der Waals surface area contributed by atoms with E-state index in [2.05, 4.69) is 10.0 Å². The minimum atomic E-state index is -3.67. The van der Waals surface area contributed by atoms with Crippen molar-refractivity contribution < 1.29 is 13.2 Å². The molecule has 28 heavy (non-hydrogen) atoms. The maximum atomic E-state index is 12.7. The molecule has 0 saturated heterocycles. The minimum absolute atomic E-state index is 0. The van der Waals surface area contributed by atoms with Crippen molar-refractivity contribution in [3.8, 4) is 0 Å². The van der Waals surface area contributed by atoms with Gasteiger partial charge < -0.3 is 11.1 Å². The Bertz CT molecular complexity index is 782. The second-order valence-electron chi connectivity index (χ2n) is 8.83. The Morgan fingerprint density at radius 3 is 2.32 bits per heavy atom. The summed E-state index contributed by atoms with van der Waals surface area (Å²) in [6, 6.07) is 4.97. The summed E-state index contributed by atoms with van der Waals surface area (Å²) in [5, 5.41) is 2.86. The van der Waals surface area contributed by atoms with Gasteiger partial charge in [-0.15, -0.1) is 12.4 Å². The van der Waals surface area contributed by atoms with Gasteiger partial charge in [0.1, 0.15) is 0 Å². The van der Waals surface area contributed by atoms with E-state index >= 15 is 0 Å². The SMILES string of the molecule is Cc1ccc(NC(=O)CC2(CN)CCCCC2)cc1S(=O)(=O)NC(C)(C)C.Cl. The largest absolute Gasteiger partial charge is 0.330 e. The van der Waals surface area contributed by atoms with Crippen molar-refractivity contribution >= 4 is 34.0 Å². The van der Waals surface area contributed by atoms with Gasteiger partial charge in [-0.05, 0) is 70.2 Å². The fourth-order valence-electron chi connectivity index (χ4n) is 3.73. The molecular formula is C20H34ClN3O3S. The van der Waals surface area contributed by atoms with Crippen molar-refractivity contribution in [3.05, 3.63) is 23.8 Å². The normalized spacial score (nSPS) is 16.9. The Hall–Kier alpha value is -1.15. The number of benzene rings is 1. The van der Waals surface area contributed by atoms with Crippen LogP contribution in [0.25, 0.3) is 0 Å². The molecule has 1 saturated carbocycles. The predicted molar refractivity (Wildman–Crippen MR) is 116 cm³/mol. The van der Waals surface area contributed by atoms with E-state index < -0.39 is 15.6 Å². The molecule has 0 radical (unpaired) electrons. The predicted octanol–water partition coefficient (Wildman–Crippen LogP) is 3.73. The van der Waals surface area contributed by atoms with Crippen LogP contribution >= 0.6 is 12.4 Å². The third kappa shape index (κ3) is 6.72. The molecule has 6 nitrogen and oxygen atoms in total. The van der Waals surface area contributed by atoms with Gasteiger partial charge in [0.15, 0.2) is 0 Å². The quantitative estimate of drug-likeness (QED) is 0.638. The van der Waals surface area contributed by atoms with E-state index in [1.807, 2.05) is 0 Å². The topological polar surface area (TPSA) is 101 Å². The van der Waals surface area contributed by atoms with Crippen LogP contribution in [0.4, 0.5) is 5.69 Å². The number of sulfonamides is 1. The van der Waals surface area contributed by atoms with E-state index in [1.54, 1.807) is 39.8 Å². The number of anilines is 1. The molecule has 160 valence electrons. The summed E-state index contributed by atoms with van der Waals surface area (Å²) in [7, 11) is -3.67. The standard InChI is InChI=1S/C20H33N3O3S.ClH/c1-15-8-9-16(12-17(15)27(25,26)23-19(2,3)4)22-18(24)13-20(14-21)10-6-5-7-11-20;/h8-9,12,23H,5-7,10-11,13-14,21H2,1-4H3,(H,22,24);1H. The number of amides is 1. The van der Waals surface area contributed by atoms with Crippen LogP contribution < -0.4 is 15.8 Å². The Morgan fingerprint density at radius 2 is 1.79 bits per heavy atom. The summed E-state index contributed by atoms with van der Waals surface area (Å²) in [5.74, 6) is -0.113. The van der Waals surface area contributed by atoms with E-state index in [0.717, 1.165) is 25.7 Å². The number of aryl methyl sites for hydroxylation is 1. The first-order valence-electron chi connectivity index (χ1n) is 9.61. The van der Waals surface area contributed by atoms with Crippen molar-refractivity contribution in [2.24, 2.45) is 11.1 Å². The van der Waals surface area contributed by atoms with Gasteiger partial charge in [-0.3, -0.25) is 4.79 Å². The first-order valence-corrected chi connectivity index (χ1v) is 11.1. The second-order valence-corrected chi connectivity index (χ2v) is 10.5. The molecule has 1 fully saturated rings. The lowest BCUT2D eigenvalue weighted by molar-refractivity contribution is -0.118. The molecule has 4 N–H and O–H groups in total. The molecule has 1 aliphatic rings. The zero-order chi connectivity index (χ0) is 20.3. The average molecular weight is 432 g/mol. The zero-order valence-corrected chi connectivity index (χ0v) is 18.9. The van der Waals surface area contributed by atoms with Crippen molar-refractivity contribution in [3.63, 3.8) is 0 Å². The molecular weight excluding hydrogens is 398 g/mol. The van der Waals surface area contributed by atoms with E-state index in [1.165, 1.54) is 12.5 Å². The maximum absolute atomic E-state index is 12.7. The van der Waals surface area contributed by atoms with Crippen LogP contribution in [-0.4, -0.2) is 26.4 Å². The molecule has 1 aromatic rings. The molecule has 1 aromatic carbocycles. The van der Waals surface area contributed by atoms with Gasteiger partial charge in [-0.25, -0.2) is 13.1 Å². The van der Waals surface area contributed by atoms with Crippen molar-refractivity contribution in [1.29, 1.82) is 0 Å². The molecule has 0 bridgehead atoms. The van der Waals surface area contributed by atoms with Crippen LogP contribution in [0.2, 0.25) is 0 Å². The summed E-state index contributed by atoms with van der Waals surface area (Å²) in [6.07, 6.45) is 5.73. The van der Waals surface area contributed by atoms with Gasteiger partial charge in [-0.2, -0.15) is 0 Å². The second kappa shape index (κ2) is 9.57. The van der Waals surface area contributed by atoms with Gasteiger partial charge in [0.2, 0.25) is 15.9 Å². The fourth-order valence-corrected chi connectivity index (χ4v) is 5.42. The van der Waals surface area contributed by atoms with Crippen LogP contribution in [0.15, 0.2) is 23.1 Å². The van der Waals surface area contributed by atoms with Crippen molar-refractivity contribution in [1.82, 2.24) is 4.72 Å². The molecule has 1 amide bonds. The average Bonchev–Trinajstić information content (AvgIpc) is 2.55. The van der Waals surface area contributed by atoms with E-state index in [9.17, 15) is 13.2 Å². The highest BCUT2D eigenvalue weighted by atomic mass is 35.5. The summed E-state index contributed by atoms with van der Waals surface area (Å²) >= 11 is 0. The van der Waals surface area contributed by atoms with Crippen molar-refractivity contribution in [2.45, 2.75) is 76.7 Å². The summed E-state index contributed by atoms with van der Waals surface area (Å²) in [4.78, 5) is 12.8. The molecule has 0 atom stereocenters. The fraction of sp³-hybridized carbons (Fsp3) is 0.650. The Balaban J connectivity index is 0.00000392. The van der Waals surface area contributed by atoms with E-state index in [0.29, 0.717) is 24.2 Å². The molecule has 0 unspecified atom stereocenters. The minimum Gasteiger partial charge on any atom is -0.330 e. The monoisotopic (exact) mass is 431 g/mol. The Labute approximate surface area is 175 Å². The number of carbonyl (C=O) groups is 1. The molecule has 0 spiro atoms. The van der Waals surface area contributed by atoms with Crippen LogP contribution in [0.3, 0.4) is 0 Å². The van der Waals surface area contributed by atoms with E-state index in [4.69, 9.17) is 5.73 Å². The highest BCUT2D eigenvalue weighted by Gasteiger charge is 2.33. The number of halogens is 1. The number of carbonyl (C=O) groups excluding carboxylic acids is 1. The number of hydrogen-bond donors (Lipinski definition) is 3. The highest BCUT2D eigenvalue weighted by molar-refractivity contribution is 7.89. The van der Waals surface area contributed by atoms with Gasteiger partial charge in [0.25, 0.3) is 0 Å². The van der Waals surface area contributed by atoms with E-state index in [-0.39, 0.29) is 28.6 Å². The first-order chi connectivity index (χ1) is 12.5. The maximum Gasteiger partial charge on any atom is 0.241 e. The number of hydrogen-bond acceptors (Lipinski definition) is 4. The smallest absolute Gasteiger partial charge is 0.241 e. The van der Waals surface area contributed by atoms with Gasteiger partial charge >= 0.3 is 0 Å². The molecule has 2 rings (SSSR count). The molecule has 0 aromatic heterocycles. The van der Waals surface area contributed by atoms with Crippen LogP contribution in [-0.2, 0) is 14.8 Å². The molecule has 0 heterocycles. The molecule has 1 aliphatic carbocycles. The van der Waals surface area contributed by atoms with Gasteiger partial charge in [0, 0.05) is 17.6 Å². The Morgan fingerprint density at radius 1 is 1.18 bits per heavy atom. The number of nitrogens with one attached hydrogen (secondary N) is 2. The summed E-state index contributed by atoms with van der Waals surface area (Å²) < 4.78 is 28.0. The van der Waals surface area contributed by atoms with Crippen molar-refractivity contribution in [2.75, 3.05) is 11.9 Å². The zero-order valence-electron chi connectivity index (χ0n) is 17.3. The third-order valence-corrected chi connectivity index (χ3v) is 6.98. The highest BCUT2D eigenvalue weighted by Crippen LogP contribution is 2.38. The number of nitrogens with two attached hydrogens (primary N) is 1. The summed E-state index contributed by atoms with van der Waals surface area (Å²) in [6.45, 7) is 7.63. The Kier molecular flexibility index (Phi) is 8.50. The van der Waals surface area contributed by atoms with Crippen LogP contribution in [0, 0.1) is 12.3 Å². The van der Waals surface area contributed by atoms with Crippen LogP contribution in [0.5, 0.6) is 0 Å². The van der Waals surface area contributed by atoms with Gasteiger partial charge in [0.05, 0.1) is 4.90 Å².